The number of phenols is 1. The van der Waals surface area contributed by atoms with Crippen molar-refractivity contribution in [1.29, 1.82) is 0 Å². The summed E-state index contributed by atoms with van der Waals surface area (Å²) >= 11 is 0. The van der Waals surface area contributed by atoms with Gasteiger partial charge in [0, 0.05) is 11.1 Å². The molecule has 2 aromatic carbocycles. The lowest BCUT2D eigenvalue weighted by Crippen LogP contribution is -2.20. The number of phenolic OH excluding ortho intramolecular Hbond substituents is 1. The van der Waals surface area contributed by atoms with E-state index in [-0.39, 0.29) is 17.4 Å². The van der Waals surface area contributed by atoms with E-state index in [1.54, 1.807) is 31.2 Å². The highest BCUT2D eigenvalue weighted by Gasteiger charge is 2.16. The molecule has 0 bridgehead atoms. The largest absolute Gasteiger partial charge is 0.504 e. The molecule has 2 rings (SSSR count). The van der Waals surface area contributed by atoms with Gasteiger partial charge in [-0.05, 0) is 37.6 Å². The van der Waals surface area contributed by atoms with Crippen molar-refractivity contribution < 1.29 is 19.4 Å². The molecule has 0 saturated heterocycles. The number of carbonyl (C=O) groups excluding carboxylic acids is 1. The van der Waals surface area contributed by atoms with Crippen LogP contribution in [-0.2, 0) is 0 Å². The molecule has 1 amide bonds. The van der Waals surface area contributed by atoms with Crippen LogP contribution >= 0.6 is 0 Å². The third kappa shape index (κ3) is 3.48. The summed E-state index contributed by atoms with van der Waals surface area (Å²) in [5, 5.41) is 14.4. The van der Waals surface area contributed by atoms with Gasteiger partial charge in [0.05, 0.1) is 19.9 Å². The lowest BCUT2D eigenvalue weighted by Gasteiger charge is -2.12. The number of hydrogen-bond donors (Lipinski definition) is 2. The Morgan fingerprint density at radius 1 is 1.08 bits per heavy atom. The summed E-state index contributed by atoms with van der Waals surface area (Å²) in [5.74, 6) is 0.223. The molecule has 0 aliphatic carbocycles. The quantitative estimate of drug-likeness (QED) is 0.653. The number of aromatic hydroxyl groups is 1. The Morgan fingerprint density at radius 3 is 2.42 bits per heavy atom. The number of rotatable bonds is 5. The minimum atomic E-state index is -0.313. The first-order chi connectivity index (χ1) is 11.5. The number of ether oxygens (including phenoxy) is 2. The normalized spacial score (nSPS) is 11.1. The third-order valence-electron chi connectivity index (χ3n) is 3.62. The predicted octanol–water partition coefficient (Wildman–Crippen LogP) is 2.87. The molecule has 0 radical (unpaired) electrons. The highest BCUT2D eigenvalue weighted by molar-refractivity contribution is 6.03. The number of nitrogens with one attached hydrogen (secondary N) is 1. The van der Waals surface area contributed by atoms with E-state index < -0.39 is 0 Å². The van der Waals surface area contributed by atoms with Crippen LogP contribution in [0.5, 0.6) is 17.2 Å². The smallest absolute Gasteiger partial charge is 0.271 e. The van der Waals surface area contributed by atoms with E-state index in [1.165, 1.54) is 14.2 Å². The minimum absolute atomic E-state index is 0.0942. The van der Waals surface area contributed by atoms with Gasteiger partial charge in [0.15, 0.2) is 11.5 Å². The number of amides is 1. The molecule has 6 heteroatoms. The zero-order valence-electron chi connectivity index (χ0n) is 14.1. The Kier molecular flexibility index (Phi) is 5.42. The number of benzene rings is 2. The number of hydrazone groups is 1. The fourth-order valence-corrected chi connectivity index (χ4v) is 2.29. The molecule has 0 aromatic heterocycles. The lowest BCUT2D eigenvalue weighted by atomic mass is 10.1. The maximum absolute atomic E-state index is 12.2. The number of hydrogen-bond acceptors (Lipinski definition) is 5. The Balaban J connectivity index is 2.26. The van der Waals surface area contributed by atoms with Gasteiger partial charge >= 0.3 is 0 Å². The molecule has 0 heterocycles. The molecule has 24 heavy (non-hydrogen) atoms. The molecular weight excluding hydrogens is 308 g/mol. The van der Waals surface area contributed by atoms with Crippen LogP contribution < -0.4 is 14.9 Å². The Morgan fingerprint density at radius 2 is 1.79 bits per heavy atom. The van der Waals surface area contributed by atoms with Crippen LogP contribution in [0.1, 0.15) is 28.4 Å². The van der Waals surface area contributed by atoms with E-state index in [0.29, 0.717) is 22.6 Å². The second-order valence-corrected chi connectivity index (χ2v) is 5.15. The summed E-state index contributed by atoms with van der Waals surface area (Å²) in [4.78, 5) is 12.2. The molecule has 2 N–H and O–H groups in total. The molecule has 126 valence electrons. The van der Waals surface area contributed by atoms with Crippen LogP contribution in [0.2, 0.25) is 0 Å². The van der Waals surface area contributed by atoms with Gasteiger partial charge in [-0.2, -0.15) is 5.10 Å². The molecule has 0 saturated carbocycles. The second kappa shape index (κ2) is 7.50. The molecule has 0 atom stereocenters. The van der Waals surface area contributed by atoms with Crippen molar-refractivity contribution in [3.05, 3.63) is 53.1 Å². The van der Waals surface area contributed by atoms with Crippen molar-refractivity contribution in [2.24, 2.45) is 5.10 Å². The van der Waals surface area contributed by atoms with Gasteiger partial charge in [0.1, 0.15) is 0 Å². The van der Waals surface area contributed by atoms with Crippen LogP contribution in [0.15, 0.2) is 41.5 Å². The summed E-state index contributed by atoms with van der Waals surface area (Å²) in [5.41, 5.74) is 4.78. The lowest BCUT2D eigenvalue weighted by molar-refractivity contribution is 0.0954. The number of aryl methyl sites for hydroxylation is 1. The summed E-state index contributed by atoms with van der Waals surface area (Å²) in [7, 11) is 2.92. The minimum Gasteiger partial charge on any atom is -0.504 e. The van der Waals surface area contributed by atoms with Crippen LogP contribution in [0.25, 0.3) is 0 Å². The molecule has 0 aliphatic heterocycles. The highest BCUT2D eigenvalue weighted by Crippen LogP contribution is 2.39. The van der Waals surface area contributed by atoms with Crippen molar-refractivity contribution in [3.8, 4) is 17.2 Å². The number of nitrogens with zero attached hydrogens (tertiary/aromatic N) is 1. The summed E-state index contributed by atoms with van der Waals surface area (Å²) in [6.45, 7) is 3.53. The van der Waals surface area contributed by atoms with E-state index in [9.17, 15) is 9.90 Å². The maximum Gasteiger partial charge on any atom is 0.271 e. The second-order valence-electron chi connectivity index (χ2n) is 5.15. The van der Waals surface area contributed by atoms with Crippen molar-refractivity contribution in [2.45, 2.75) is 13.8 Å². The highest BCUT2D eigenvalue weighted by atomic mass is 16.5. The number of methoxy groups -OCH3 is 2. The van der Waals surface area contributed by atoms with Crippen LogP contribution in [0, 0.1) is 6.92 Å². The third-order valence-corrected chi connectivity index (χ3v) is 3.62. The van der Waals surface area contributed by atoms with Crippen molar-refractivity contribution in [2.75, 3.05) is 14.2 Å². The van der Waals surface area contributed by atoms with Crippen molar-refractivity contribution >= 4 is 11.6 Å². The standard InChI is InChI=1S/C18H20N2O4/c1-11-7-5-6-8-13(11)18(22)20-19-12(2)14-9-10-15(23-3)17(24-4)16(14)21/h5-10,21H,1-4H3,(H,20,22)/b19-12+. The van der Waals surface area contributed by atoms with Gasteiger partial charge < -0.3 is 14.6 Å². The van der Waals surface area contributed by atoms with E-state index in [1.807, 2.05) is 19.1 Å². The first-order valence-electron chi connectivity index (χ1n) is 7.34. The summed E-state index contributed by atoms with van der Waals surface area (Å²) < 4.78 is 10.3. The first kappa shape index (κ1) is 17.3. The topological polar surface area (TPSA) is 80.2 Å². The average Bonchev–Trinajstić information content (AvgIpc) is 2.59. The zero-order valence-corrected chi connectivity index (χ0v) is 14.1. The molecule has 0 spiro atoms. The van der Waals surface area contributed by atoms with E-state index >= 15 is 0 Å². The van der Waals surface area contributed by atoms with Gasteiger partial charge in [-0.15, -0.1) is 0 Å². The Labute approximate surface area is 140 Å². The molecule has 2 aromatic rings. The molecular formula is C18H20N2O4. The molecule has 0 aliphatic rings. The van der Waals surface area contributed by atoms with Gasteiger partial charge in [-0.1, -0.05) is 18.2 Å². The molecule has 0 fully saturated rings. The number of carbonyl (C=O) groups is 1. The van der Waals surface area contributed by atoms with Gasteiger partial charge in [-0.3, -0.25) is 4.79 Å². The SMILES string of the molecule is COc1ccc(/C(C)=N/NC(=O)c2ccccc2C)c(O)c1OC. The van der Waals surface area contributed by atoms with Gasteiger partial charge in [-0.25, -0.2) is 5.43 Å². The average molecular weight is 328 g/mol. The van der Waals surface area contributed by atoms with E-state index in [0.717, 1.165) is 5.56 Å². The summed E-state index contributed by atoms with van der Waals surface area (Å²) in [6.07, 6.45) is 0. The van der Waals surface area contributed by atoms with E-state index in [4.69, 9.17) is 9.47 Å². The Hall–Kier alpha value is -3.02. The van der Waals surface area contributed by atoms with E-state index in [2.05, 4.69) is 10.5 Å². The zero-order chi connectivity index (χ0) is 17.7. The van der Waals surface area contributed by atoms with Gasteiger partial charge in [0.2, 0.25) is 5.75 Å². The van der Waals surface area contributed by atoms with Crippen LogP contribution in [0.3, 0.4) is 0 Å². The fraction of sp³-hybridized carbons (Fsp3) is 0.222. The molecule has 6 nitrogen and oxygen atoms in total. The summed E-state index contributed by atoms with van der Waals surface area (Å²) in [6, 6.07) is 10.5. The van der Waals surface area contributed by atoms with Crippen molar-refractivity contribution in [1.82, 2.24) is 5.43 Å². The predicted molar refractivity (Wildman–Crippen MR) is 92.1 cm³/mol. The molecule has 0 unspecified atom stereocenters. The van der Waals surface area contributed by atoms with Crippen molar-refractivity contribution in [3.63, 3.8) is 0 Å². The fourth-order valence-electron chi connectivity index (χ4n) is 2.29. The first-order valence-corrected chi connectivity index (χ1v) is 7.34. The van der Waals surface area contributed by atoms with Gasteiger partial charge in [0.25, 0.3) is 5.91 Å². The van der Waals surface area contributed by atoms with Crippen LogP contribution in [-0.4, -0.2) is 30.9 Å². The Bertz CT molecular complexity index is 785. The monoisotopic (exact) mass is 328 g/mol. The maximum atomic E-state index is 12.2. The van der Waals surface area contributed by atoms with Crippen LogP contribution in [0.4, 0.5) is 0 Å².